The van der Waals surface area contributed by atoms with Crippen molar-refractivity contribution in [3.8, 4) is 0 Å². The predicted octanol–water partition coefficient (Wildman–Crippen LogP) is 4.92. The van der Waals surface area contributed by atoms with E-state index in [4.69, 9.17) is 0 Å². The molecule has 0 radical (unpaired) electrons. The number of carbonyl (C=O) groups excluding carboxylic acids is 2. The minimum absolute atomic E-state index is 0.00471. The van der Waals surface area contributed by atoms with Gasteiger partial charge in [0.1, 0.15) is 0 Å². The first-order chi connectivity index (χ1) is 14.0. The fourth-order valence-corrected chi connectivity index (χ4v) is 4.30. The number of amides is 1. The van der Waals surface area contributed by atoms with Crippen molar-refractivity contribution in [3.63, 3.8) is 0 Å². The third kappa shape index (κ3) is 5.45. The van der Waals surface area contributed by atoms with Gasteiger partial charge in [-0.25, -0.2) is 8.78 Å². The van der Waals surface area contributed by atoms with E-state index < -0.39 is 11.6 Å². The van der Waals surface area contributed by atoms with E-state index >= 15 is 0 Å². The Morgan fingerprint density at radius 2 is 1.86 bits per heavy atom. The summed E-state index contributed by atoms with van der Waals surface area (Å²) in [5, 5.41) is 11.0. The van der Waals surface area contributed by atoms with Gasteiger partial charge in [-0.3, -0.25) is 14.9 Å². The number of ketones is 1. The highest BCUT2D eigenvalue weighted by atomic mass is 32.2. The quantitative estimate of drug-likeness (QED) is 0.310. The normalized spacial score (nSPS) is 11.8. The van der Waals surface area contributed by atoms with Crippen LogP contribution in [0.1, 0.15) is 35.2 Å². The molecule has 29 heavy (non-hydrogen) atoms. The number of carbonyl (C=O) groups is 2. The van der Waals surface area contributed by atoms with Crippen LogP contribution in [0, 0.1) is 11.6 Å². The van der Waals surface area contributed by atoms with E-state index in [2.05, 4.69) is 15.5 Å². The van der Waals surface area contributed by atoms with Gasteiger partial charge in [-0.05, 0) is 30.2 Å². The van der Waals surface area contributed by atoms with Crippen LogP contribution in [0.15, 0.2) is 52.9 Å². The molecule has 3 aromatic rings. The first-order valence-electron chi connectivity index (χ1n) is 8.78. The van der Waals surface area contributed by atoms with Crippen molar-refractivity contribution in [1.82, 2.24) is 10.2 Å². The highest BCUT2D eigenvalue weighted by Gasteiger charge is 2.20. The molecule has 0 fully saturated rings. The van der Waals surface area contributed by atoms with E-state index in [1.165, 1.54) is 6.07 Å². The van der Waals surface area contributed by atoms with Crippen molar-refractivity contribution in [1.29, 1.82) is 0 Å². The number of hydrogen-bond donors (Lipinski definition) is 1. The zero-order valence-corrected chi connectivity index (χ0v) is 17.0. The largest absolute Gasteiger partial charge is 0.300 e. The number of nitrogens with one attached hydrogen (secondary N) is 1. The third-order valence-electron chi connectivity index (χ3n) is 4.13. The number of anilines is 1. The SMILES string of the molecule is CCC(C(=O)Nc1nnc(SCC(=O)c2ccc(F)c(F)c2)s1)c1ccccc1. The van der Waals surface area contributed by atoms with Crippen molar-refractivity contribution in [3.05, 3.63) is 71.3 Å². The summed E-state index contributed by atoms with van der Waals surface area (Å²) in [6.45, 7) is 1.93. The van der Waals surface area contributed by atoms with Crippen molar-refractivity contribution < 1.29 is 18.4 Å². The van der Waals surface area contributed by atoms with Crippen LogP contribution in [-0.4, -0.2) is 27.6 Å². The Hall–Kier alpha value is -2.65. The number of aromatic nitrogens is 2. The van der Waals surface area contributed by atoms with Crippen molar-refractivity contribution in [2.75, 3.05) is 11.1 Å². The Labute approximate surface area is 174 Å². The van der Waals surface area contributed by atoms with Gasteiger partial charge >= 0.3 is 0 Å². The lowest BCUT2D eigenvalue weighted by molar-refractivity contribution is -0.117. The van der Waals surface area contributed by atoms with Crippen molar-refractivity contribution in [2.24, 2.45) is 0 Å². The van der Waals surface area contributed by atoms with Gasteiger partial charge in [0.2, 0.25) is 11.0 Å². The minimum atomic E-state index is -1.06. The van der Waals surface area contributed by atoms with Gasteiger partial charge in [-0.2, -0.15) is 0 Å². The lowest BCUT2D eigenvalue weighted by Crippen LogP contribution is -2.20. The number of rotatable bonds is 8. The van der Waals surface area contributed by atoms with E-state index in [1.54, 1.807) is 0 Å². The van der Waals surface area contributed by atoms with Gasteiger partial charge in [0.25, 0.3) is 0 Å². The van der Waals surface area contributed by atoms with Gasteiger partial charge in [-0.15, -0.1) is 10.2 Å². The molecule has 1 N–H and O–H groups in total. The molecule has 0 aliphatic carbocycles. The van der Waals surface area contributed by atoms with Crippen molar-refractivity contribution in [2.45, 2.75) is 23.6 Å². The van der Waals surface area contributed by atoms with Crippen LogP contribution in [0.2, 0.25) is 0 Å². The number of halogens is 2. The van der Waals surface area contributed by atoms with Crippen LogP contribution < -0.4 is 5.32 Å². The number of Topliss-reactive ketones (excluding diaryl/α,β-unsaturated/α-hetero) is 1. The topological polar surface area (TPSA) is 72.0 Å². The monoisotopic (exact) mass is 433 g/mol. The fraction of sp³-hybridized carbons (Fsp3) is 0.200. The Bertz CT molecular complexity index is 1010. The average Bonchev–Trinajstić information content (AvgIpc) is 3.17. The van der Waals surface area contributed by atoms with Gasteiger partial charge in [0.05, 0.1) is 11.7 Å². The fourth-order valence-electron chi connectivity index (χ4n) is 2.65. The van der Waals surface area contributed by atoms with E-state index in [1.807, 2.05) is 37.3 Å². The van der Waals surface area contributed by atoms with E-state index in [0.29, 0.717) is 15.9 Å². The summed E-state index contributed by atoms with van der Waals surface area (Å²) in [5.74, 6) is -2.90. The maximum Gasteiger partial charge on any atom is 0.233 e. The molecule has 1 atom stereocenters. The molecule has 1 aromatic heterocycles. The Kier molecular flexibility index (Phi) is 7.05. The minimum Gasteiger partial charge on any atom is -0.300 e. The lowest BCUT2D eigenvalue weighted by atomic mass is 9.96. The molecule has 1 amide bonds. The molecular formula is C20H17F2N3O2S2. The van der Waals surface area contributed by atoms with Crippen LogP contribution in [0.25, 0.3) is 0 Å². The summed E-state index contributed by atoms with van der Waals surface area (Å²) in [5.41, 5.74) is 1.01. The molecule has 1 heterocycles. The molecule has 150 valence electrons. The molecule has 2 aromatic carbocycles. The van der Waals surface area contributed by atoms with Crippen LogP contribution in [0.5, 0.6) is 0 Å². The number of hydrogen-bond acceptors (Lipinski definition) is 6. The van der Waals surface area contributed by atoms with Crippen LogP contribution >= 0.6 is 23.1 Å². The zero-order chi connectivity index (χ0) is 20.8. The summed E-state index contributed by atoms with van der Waals surface area (Å²) < 4.78 is 26.7. The van der Waals surface area contributed by atoms with Crippen molar-refractivity contribution >= 4 is 39.9 Å². The number of thioether (sulfide) groups is 1. The number of benzene rings is 2. The van der Waals surface area contributed by atoms with Gasteiger partial charge in [-0.1, -0.05) is 60.4 Å². The zero-order valence-electron chi connectivity index (χ0n) is 15.4. The van der Waals surface area contributed by atoms with Gasteiger partial charge in [0, 0.05) is 5.56 Å². The summed E-state index contributed by atoms with van der Waals surface area (Å²) >= 11 is 2.27. The van der Waals surface area contributed by atoms with E-state index in [9.17, 15) is 18.4 Å². The molecule has 0 aliphatic rings. The molecule has 0 bridgehead atoms. The summed E-state index contributed by atoms with van der Waals surface area (Å²) in [4.78, 5) is 24.7. The first kappa shape index (κ1) is 21.1. The third-order valence-corrected chi connectivity index (χ3v) is 6.10. The number of nitrogens with zero attached hydrogens (tertiary/aromatic N) is 2. The smallest absolute Gasteiger partial charge is 0.233 e. The Morgan fingerprint density at radius 3 is 2.55 bits per heavy atom. The second kappa shape index (κ2) is 9.71. The van der Waals surface area contributed by atoms with E-state index in [-0.39, 0.29) is 28.9 Å². The molecule has 5 nitrogen and oxygen atoms in total. The molecule has 0 aliphatic heterocycles. The van der Waals surface area contributed by atoms with Crippen LogP contribution in [0.3, 0.4) is 0 Å². The van der Waals surface area contributed by atoms with E-state index in [0.717, 1.165) is 40.8 Å². The standard InChI is InChI=1S/C20H17F2N3O2S2/c1-2-14(12-6-4-3-5-7-12)18(27)23-19-24-25-20(29-19)28-11-17(26)13-8-9-15(21)16(22)10-13/h3-10,14H,2,11H2,1H3,(H,23,24,27). The lowest BCUT2D eigenvalue weighted by Gasteiger charge is -2.13. The molecular weight excluding hydrogens is 416 g/mol. The molecule has 3 rings (SSSR count). The highest BCUT2D eigenvalue weighted by molar-refractivity contribution is 8.01. The van der Waals surface area contributed by atoms with Gasteiger partial charge in [0.15, 0.2) is 21.8 Å². The van der Waals surface area contributed by atoms with Gasteiger partial charge < -0.3 is 0 Å². The van der Waals surface area contributed by atoms with Crippen LogP contribution in [0.4, 0.5) is 13.9 Å². The summed E-state index contributed by atoms with van der Waals surface area (Å²) in [6.07, 6.45) is 0.638. The molecule has 0 saturated heterocycles. The first-order valence-corrected chi connectivity index (χ1v) is 10.6. The molecule has 1 unspecified atom stereocenters. The highest BCUT2D eigenvalue weighted by Crippen LogP contribution is 2.28. The maximum atomic E-state index is 13.3. The molecule has 9 heteroatoms. The second-order valence-electron chi connectivity index (χ2n) is 6.07. The summed E-state index contributed by atoms with van der Waals surface area (Å²) in [7, 11) is 0. The predicted molar refractivity (Wildman–Crippen MR) is 109 cm³/mol. The molecule has 0 saturated carbocycles. The second-order valence-corrected chi connectivity index (χ2v) is 8.27. The molecule has 0 spiro atoms. The Balaban J connectivity index is 1.58. The summed E-state index contributed by atoms with van der Waals surface area (Å²) in [6, 6.07) is 12.5. The average molecular weight is 434 g/mol. The maximum absolute atomic E-state index is 13.3. The Morgan fingerprint density at radius 1 is 1.10 bits per heavy atom. The van der Waals surface area contributed by atoms with Crippen LogP contribution in [-0.2, 0) is 4.79 Å².